The number of methoxy groups -OCH3 is 1. The van der Waals surface area contributed by atoms with Crippen molar-refractivity contribution in [2.45, 2.75) is 51.7 Å². The minimum absolute atomic E-state index is 0.168. The molecule has 2 aliphatic heterocycles. The molecule has 4 heteroatoms. The highest BCUT2D eigenvalue weighted by Crippen LogP contribution is 2.29. The van der Waals surface area contributed by atoms with Crippen molar-refractivity contribution >= 4 is 5.91 Å². The molecule has 0 bridgehead atoms. The molecular formula is C25H32N2O2. The predicted octanol–water partition coefficient (Wildman–Crippen LogP) is 4.26. The zero-order chi connectivity index (χ0) is 20.2. The van der Waals surface area contributed by atoms with Gasteiger partial charge in [0.25, 0.3) is 0 Å². The second kappa shape index (κ2) is 9.10. The highest BCUT2D eigenvalue weighted by atomic mass is 16.5. The van der Waals surface area contributed by atoms with Crippen LogP contribution in [0.25, 0.3) is 11.1 Å². The molecule has 2 aromatic rings. The van der Waals surface area contributed by atoms with Crippen LogP contribution in [-0.2, 0) is 29.0 Å². The summed E-state index contributed by atoms with van der Waals surface area (Å²) in [6.45, 7) is 6.66. The Morgan fingerprint density at radius 2 is 1.83 bits per heavy atom. The number of likely N-dealkylation sites (tertiary alicyclic amines) is 1. The molecule has 0 aliphatic carbocycles. The maximum absolute atomic E-state index is 12.3. The standard InChI is InChI=1S/C25H32N2O2/c1-19-4-3-13-26(19)14-11-20-5-7-21(8-6-20)22-9-10-23-17-27(18-24(23)16-22)25(28)12-15-29-2/h5-10,16,19H,3-4,11-15,17-18H2,1-2H3/t19-/m1/s1. The Hall–Kier alpha value is -2.17. The van der Waals surface area contributed by atoms with E-state index in [1.807, 2.05) is 4.90 Å². The van der Waals surface area contributed by atoms with E-state index in [0.717, 1.165) is 19.0 Å². The van der Waals surface area contributed by atoms with Gasteiger partial charge in [0.15, 0.2) is 0 Å². The number of nitrogens with zero attached hydrogens (tertiary/aromatic N) is 2. The van der Waals surface area contributed by atoms with Gasteiger partial charge < -0.3 is 14.5 Å². The first kappa shape index (κ1) is 20.1. The summed E-state index contributed by atoms with van der Waals surface area (Å²) in [5, 5.41) is 0. The summed E-state index contributed by atoms with van der Waals surface area (Å²) in [5.74, 6) is 0.168. The summed E-state index contributed by atoms with van der Waals surface area (Å²) in [4.78, 5) is 16.8. The quantitative estimate of drug-likeness (QED) is 0.706. The molecule has 1 saturated heterocycles. The molecule has 29 heavy (non-hydrogen) atoms. The lowest BCUT2D eigenvalue weighted by molar-refractivity contribution is -0.132. The third-order valence-corrected chi connectivity index (χ3v) is 6.47. The number of benzene rings is 2. The van der Waals surface area contributed by atoms with E-state index in [-0.39, 0.29) is 5.91 Å². The molecular weight excluding hydrogens is 360 g/mol. The van der Waals surface area contributed by atoms with Gasteiger partial charge in [0.2, 0.25) is 5.91 Å². The number of ether oxygens (including phenoxy) is 1. The normalized spacial score (nSPS) is 19.0. The summed E-state index contributed by atoms with van der Waals surface area (Å²) in [6, 6.07) is 16.4. The van der Waals surface area contributed by atoms with Crippen LogP contribution < -0.4 is 0 Å². The van der Waals surface area contributed by atoms with Crippen molar-refractivity contribution in [1.29, 1.82) is 0 Å². The summed E-state index contributed by atoms with van der Waals surface area (Å²) in [7, 11) is 1.64. The molecule has 0 radical (unpaired) electrons. The molecule has 154 valence electrons. The van der Waals surface area contributed by atoms with Crippen LogP contribution in [0.2, 0.25) is 0 Å². The molecule has 0 spiro atoms. The van der Waals surface area contributed by atoms with Gasteiger partial charge in [-0.1, -0.05) is 36.4 Å². The third kappa shape index (κ3) is 4.71. The van der Waals surface area contributed by atoms with Gasteiger partial charge >= 0.3 is 0 Å². The van der Waals surface area contributed by atoms with Crippen molar-refractivity contribution in [3.8, 4) is 11.1 Å². The molecule has 0 unspecified atom stereocenters. The lowest BCUT2D eigenvalue weighted by Gasteiger charge is -2.20. The van der Waals surface area contributed by atoms with E-state index in [2.05, 4.69) is 54.3 Å². The predicted molar refractivity (Wildman–Crippen MR) is 117 cm³/mol. The van der Waals surface area contributed by atoms with E-state index in [1.54, 1.807) is 7.11 Å². The van der Waals surface area contributed by atoms with Gasteiger partial charge in [0.05, 0.1) is 13.0 Å². The van der Waals surface area contributed by atoms with E-state index in [1.165, 1.54) is 47.2 Å². The number of carbonyl (C=O) groups is 1. The maximum atomic E-state index is 12.3. The Kier molecular flexibility index (Phi) is 6.31. The van der Waals surface area contributed by atoms with Crippen LogP contribution in [0.3, 0.4) is 0 Å². The second-order valence-electron chi connectivity index (χ2n) is 8.45. The molecule has 2 aromatic carbocycles. The number of amides is 1. The molecule has 4 rings (SSSR count). The van der Waals surface area contributed by atoms with Gasteiger partial charge in [-0.2, -0.15) is 0 Å². The lowest BCUT2D eigenvalue weighted by Crippen LogP contribution is -2.28. The molecule has 4 nitrogen and oxygen atoms in total. The van der Waals surface area contributed by atoms with Crippen LogP contribution in [0.4, 0.5) is 0 Å². The van der Waals surface area contributed by atoms with Crippen molar-refractivity contribution in [2.75, 3.05) is 26.8 Å². The zero-order valence-electron chi connectivity index (χ0n) is 17.7. The number of hydrogen-bond donors (Lipinski definition) is 0. The van der Waals surface area contributed by atoms with Crippen molar-refractivity contribution < 1.29 is 9.53 Å². The largest absolute Gasteiger partial charge is 0.384 e. The summed E-state index contributed by atoms with van der Waals surface area (Å²) >= 11 is 0. The SMILES string of the molecule is COCCC(=O)N1Cc2ccc(-c3ccc(CCN4CCC[C@H]4C)cc3)cc2C1. The van der Waals surface area contributed by atoms with E-state index >= 15 is 0 Å². The van der Waals surface area contributed by atoms with E-state index < -0.39 is 0 Å². The van der Waals surface area contributed by atoms with Crippen LogP contribution in [0.1, 0.15) is 42.9 Å². The highest BCUT2D eigenvalue weighted by Gasteiger charge is 2.23. The van der Waals surface area contributed by atoms with Crippen LogP contribution in [-0.4, -0.2) is 48.6 Å². The molecule has 0 N–H and O–H groups in total. The fourth-order valence-electron chi connectivity index (χ4n) is 4.56. The molecule has 1 fully saturated rings. The Bertz CT molecular complexity index is 846. The first-order valence-electron chi connectivity index (χ1n) is 10.9. The average Bonchev–Trinajstić information content (AvgIpc) is 3.36. The Balaban J connectivity index is 1.38. The first-order chi connectivity index (χ1) is 14.1. The van der Waals surface area contributed by atoms with Gasteiger partial charge in [-0.05, 0) is 66.6 Å². The highest BCUT2D eigenvalue weighted by molar-refractivity contribution is 5.77. The van der Waals surface area contributed by atoms with Crippen LogP contribution >= 0.6 is 0 Å². The topological polar surface area (TPSA) is 32.8 Å². The van der Waals surface area contributed by atoms with Crippen molar-refractivity contribution in [1.82, 2.24) is 9.80 Å². The smallest absolute Gasteiger partial charge is 0.225 e. The number of rotatable bonds is 7. The first-order valence-corrected chi connectivity index (χ1v) is 10.9. The van der Waals surface area contributed by atoms with Crippen molar-refractivity contribution in [3.05, 3.63) is 59.2 Å². The number of hydrogen-bond acceptors (Lipinski definition) is 3. The Morgan fingerprint density at radius 3 is 2.55 bits per heavy atom. The van der Waals surface area contributed by atoms with E-state index in [9.17, 15) is 4.79 Å². The Morgan fingerprint density at radius 1 is 1.07 bits per heavy atom. The van der Waals surface area contributed by atoms with Gasteiger partial charge in [-0.3, -0.25) is 4.79 Å². The van der Waals surface area contributed by atoms with Crippen LogP contribution in [0, 0.1) is 0 Å². The van der Waals surface area contributed by atoms with Gasteiger partial charge in [-0.15, -0.1) is 0 Å². The summed E-state index contributed by atoms with van der Waals surface area (Å²) in [6.07, 6.45) is 4.25. The van der Waals surface area contributed by atoms with Gasteiger partial charge in [0.1, 0.15) is 0 Å². The number of carbonyl (C=O) groups excluding carboxylic acids is 1. The van der Waals surface area contributed by atoms with E-state index in [0.29, 0.717) is 26.1 Å². The lowest BCUT2D eigenvalue weighted by atomic mass is 9.99. The molecule has 0 aromatic heterocycles. The molecule has 2 aliphatic rings. The minimum atomic E-state index is 0.168. The molecule has 0 saturated carbocycles. The monoisotopic (exact) mass is 392 g/mol. The second-order valence-corrected chi connectivity index (χ2v) is 8.45. The maximum Gasteiger partial charge on any atom is 0.225 e. The molecule has 1 amide bonds. The Labute approximate surface area is 174 Å². The van der Waals surface area contributed by atoms with Crippen molar-refractivity contribution in [3.63, 3.8) is 0 Å². The third-order valence-electron chi connectivity index (χ3n) is 6.47. The fourth-order valence-corrected chi connectivity index (χ4v) is 4.56. The summed E-state index contributed by atoms with van der Waals surface area (Å²) < 4.78 is 5.04. The molecule has 1 atom stereocenters. The molecule has 2 heterocycles. The zero-order valence-corrected chi connectivity index (χ0v) is 17.7. The fraction of sp³-hybridized carbons (Fsp3) is 0.480. The van der Waals surface area contributed by atoms with Crippen molar-refractivity contribution in [2.24, 2.45) is 0 Å². The van der Waals surface area contributed by atoms with E-state index in [4.69, 9.17) is 4.74 Å². The minimum Gasteiger partial charge on any atom is -0.384 e. The van der Waals surface area contributed by atoms with Gasteiger partial charge in [-0.25, -0.2) is 0 Å². The van der Waals surface area contributed by atoms with Gasteiger partial charge in [0, 0.05) is 32.8 Å². The average molecular weight is 393 g/mol. The van der Waals surface area contributed by atoms with Crippen LogP contribution in [0.15, 0.2) is 42.5 Å². The summed E-state index contributed by atoms with van der Waals surface area (Å²) in [5.41, 5.74) is 6.41. The van der Waals surface area contributed by atoms with Crippen LogP contribution in [0.5, 0.6) is 0 Å². The number of fused-ring (bicyclic) bond motifs is 1.